The predicted octanol–water partition coefficient (Wildman–Crippen LogP) is 0.780. The third-order valence-electron chi connectivity index (χ3n) is 2.57. The molecule has 7 nitrogen and oxygen atoms in total. The molecule has 0 saturated heterocycles. The molecule has 0 bridgehead atoms. The van der Waals surface area contributed by atoms with E-state index in [1.54, 1.807) is 6.07 Å². The van der Waals surface area contributed by atoms with Crippen molar-refractivity contribution < 1.29 is 4.42 Å². The second-order valence-corrected chi connectivity index (χ2v) is 4.37. The minimum atomic E-state index is -0.424. The highest BCUT2D eigenvalue weighted by molar-refractivity contribution is 7.10. The van der Waals surface area contributed by atoms with E-state index in [0.29, 0.717) is 16.3 Å². The predicted molar refractivity (Wildman–Crippen MR) is 67.3 cm³/mol. The highest BCUT2D eigenvalue weighted by Gasteiger charge is 2.13. The lowest BCUT2D eigenvalue weighted by molar-refractivity contribution is 0.516. The average molecular weight is 263 g/mol. The highest BCUT2D eigenvalue weighted by Crippen LogP contribution is 2.19. The van der Waals surface area contributed by atoms with Gasteiger partial charge in [0.25, 0.3) is 0 Å². The van der Waals surface area contributed by atoms with Gasteiger partial charge in [-0.3, -0.25) is 4.57 Å². The van der Waals surface area contributed by atoms with Crippen LogP contribution in [0.3, 0.4) is 0 Å². The maximum Gasteiger partial charge on any atom is 0.420 e. The summed E-state index contributed by atoms with van der Waals surface area (Å²) in [4.78, 5) is 11.8. The molecule has 3 N–H and O–H groups in total. The number of nitrogens with one attached hydrogen (secondary N) is 1. The number of hydrazine groups is 1. The highest BCUT2D eigenvalue weighted by atomic mass is 32.1. The molecule has 0 saturated carbocycles. The van der Waals surface area contributed by atoms with Crippen LogP contribution in [0.2, 0.25) is 0 Å². The number of anilines is 1. The van der Waals surface area contributed by atoms with Crippen molar-refractivity contribution in [3.63, 3.8) is 0 Å². The summed E-state index contributed by atoms with van der Waals surface area (Å²) in [5.41, 5.74) is 4.38. The molecule has 0 aliphatic carbocycles. The lowest BCUT2D eigenvalue weighted by Gasteiger charge is -2.00. The van der Waals surface area contributed by atoms with Gasteiger partial charge in [-0.2, -0.15) is 0 Å². The molecule has 18 heavy (non-hydrogen) atoms. The van der Waals surface area contributed by atoms with E-state index in [2.05, 4.69) is 15.0 Å². The molecule has 0 atom stereocenters. The van der Waals surface area contributed by atoms with Gasteiger partial charge in [0.1, 0.15) is 10.7 Å². The summed E-state index contributed by atoms with van der Waals surface area (Å²) < 4.78 is 10.4. The van der Waals surface area contributed by atoms with Gasteiger partial charge < -0.3 is 9.84 Å². The van der Waals surface area contributed by atoms with E-state index in [1.165, 1.54) is 4.57 Å². The fraction of sp³-hybridized carbons (Fsp3) is 0.100. The van der Waals surface area contributed by atoms with Gasteiger partial charge in [-0.25, -0.2) is 10.6 Å². The molecule has 2 aromatic heterocycles. The van der Waals surface area contributed by atoms with Gasteiger partial charge in [0, 0.05) is 11.5 Å². The quantitative estimate of drug-likeness (QED) is 0.535. The topological polar surface area (TPSA) is 99.0 Å². The number of nitrogens with zero attached hydrogens (tertiary/aromatic N) is 3. The minimum Gasteiger partial charge on any atom is -0.408 e. The van der Waals surface area contributed by atoms with Gasteiger partial charge in [0.2, 0.25) is 0 Å². The van der Waals surface area contributed by atoms with Crippen LogP contribution in [0.15, 0.2) is 33.5 Å². The zero-order valence-electron chi connectivity index (χ0n) is 9.16. The molecule has 8 heteroatoms. The number of hydrogen-bond donors (Lipinski definition) is 2. The third kappa shape index (κ3) is 1.67. The van der Waals surface area contributed by atoms with Gasteiger partial charge >= 0.3 is 5.76 Å². The number of nitrogens with two attached hydrogens (primary N) is 1. The van der Waals surface area contributed by atoms with Crippen molar-refractivity contribution in [1.29, 1.82) is 0 Å². The molecule has 0 aliphatic heterocycles. The smallest absolute Gasteiger partial charge is 0.408 e. The Morgan fingerprint density at radius 1 is 1.44 bits per heavy atom. The number of nitrogen functional groups attached to an aromatic ring is 1. The van der Waals surface area contributed by atoms with E-state index < -0.39 is 5.76 Å². The van der Waals surface area contributed by atoms with E-state index in [1.807, 2.05) is 18.2 Å². The van der Waals surface area contributed by atoms with Crippen LogP contribution < -0.4 is 17.0 Å². The minimum absolute atomic E-state index is 0.270. The summed E-state index contributed by atoms with van der Waals surface area (Å²) in [5.74, 6) is 4.92. The molecular formula is C10H9N5O2S. The molecule has 0 spiro atoms. The summed E-state index contributed by atoms with van der Waals surface area (Å²) in [7, 11) is 0. The first-order chi connectivity index (χ1) is 8.79. The zero-order chi connectivity index (χ0) is 12.5. The van der Waals surface area contributed by atoms with Gasteiger partial charge in [0.15, 0.2) is 5.58 Å². The maximum absolute atomic E-state index is 11.8. The molecule has 3 aromatic rings. The Hall–Kier alpha value is -2.19. The van der Waals surface area contributed by atoms with Crippen molar-refractivity contribution in [2.24, 2.45) is 5.84 Å². The molecule has 1 aromatic carbocycles. The number of para-hydroxylation sites is 2. The summed E-state index contributed by atoms with van der Waals surface area (Å²) in [6.45, 7) is 0.270. The monoisotopic (exact) mass is 263 g/mol. The van der Waals surface area contributed by atoms with Crippen molar-refractivity contribution >= 4 is 27.6 Å². The first-order valence-corrected chi connectivity index (χ1v) is 5.93. The zero-order valence-corrected chi connectivity index (χ0v) is 9.98. The Labute approximate surface area is 105 Å². The van der Waals surface area contributed by atoms with E-state index in [0.717, 1.165) is 17.0 Å². The molecular weight excluding hydrogens is 254 g/mol. The van der Waals surface area contributed by atoms with Crippen LogP contribution in [-0.4, -0.2) is 14.2 Å². The molecule has 0 amide bonds. The normalized spacial score (nSPS) is 10.9. The Morgan fingerprint density at radius 3 is 3.11 bits per heavy atom. The van der Waals surface area contributed by atoms with E-state index >= 15 is 0 Å². The second-order valence-electron chi connectivity index (χ2n) is 3.61. The van der Waals surface area contributed by atoms with Gasteiger partial charge in [-0.15, -0.1) is 5.10 Å². The molecule has 3 rings (SSSR count). The van der Waals surface area contributed by atoms with Crippen molar-refractivity contribution in [3.05, 3.63) is 40.5 Å². The summed E-state index contributed by atoms with van der Waals surface area (Å²) in [5, 5.41) is 4.57. The second kappa shape index (κ2) is 4.24. The number of hydrogen-bond acceptors (Lipinski definition) is 7. The number of fused-ring (bicyclic) bond motifs is 1. The third-order valence-corrected chi connectivity index (χ3v) is 3.27. The summed E-state index contributed by atoms with van der Waals surface area (Å²) in [6.07, 6.45) is 0. The Morgan fingerprint density at radius 2 is 2.28 bits per heavy atom. The lowest BCUT2D eigenvalue weighted by Crippen LogP contribution is -2.17. The van der Waals surface area contributed by atoms with Crippen LogP contribution in [0.1, 0.15) is 5.69 Å². The standard InChI is InChI=1S/C10H9N5O2S/c11-12-9-6(13-14-18-9)5-15-7-3-1-2-4-8(7)17-10(15)16/h1-4,12H,5,11H2. The number of benzene rings is 1. The lowest BCUT2D eigenvalue weighted by atomic mass is 10.3. The van der Waals surface area contributed by atoms with Crippen LogP contribution in [0.25, 0.3) is 11.1 Å². The molecule has 2 heterocycles. The van der Waals surface area contributed by atoms with Crippen molar-refractivity contribution in [2.45, 2.75) is 6.54 Å². The first kappa shape index (κ1) is 10.9. The molecule has 92 valence electrons. The van der Waals surface area contributed by atoms with Crippen LogP contribution >= 0.6 is 11.5 Å². The molecule has 0 aliphatic rings. The Balaban J connectivity index is 2.10. The van der Waals surface area contributed by atoms with E-state index in [9.17, 15) is 4.79 Å². The molecule has 0 fully saturated rings. The average Bonchev–Trinajstić information content (AvgIpc) is 2.95. The maximum atomic E-state index is 11.8. The fourth-order valence-electron chi connectivity index (χ4n) is 1.74. The van der Waals surface area contributed by atoms with Crippen molar-refractivity contribution in [3.8, 4) is 0 Å². The van der Waals surface area contributed by atoms with Gasteiger partial charge in [-0.1, -0.05) is 16.6 Å². The van der Waals surface area contributed by atoms with Crippen LogP contribution in [0.5, 0.6) is 0 Å². The number of aromatic nitrogens is 3. The largest absolute Gasteiger partial charge is 0.420 e. The van der Waals surface area contributed by atoms with E-state index in [-0.39, 0.29) is 6.54 Å². The molecule has 0 radical (unpaired) electrons. The Kier molecular flexibility index (Phi) is 2.58. The first-order valence-electron chi connectivity index (χ1n) is 5.16. The van der Waals surface area contributed by atoms with Crippen molar-refractivity contribution in [1.82, 2.24) is 14.2 Å². The van der Waals surface area contributed by atoms with Crippen LogP contribution in [0, 0.1) is 0 Å². The summed E-state index contributed by atoms with van der Waals surface area (Å²) in [6, 6.07) is 7.21. The molecule has 0 unspecified atom stereocenters. The van der Waals surface area contributed by atoms with E-state index in [4.69, 9.17) is 10.3 Å². The number of oxazole rings is 1. The SMILES string of the molecule is NNc1snnc1Cn1c(=O)oc2ccccc21. The van der Waals surface area contributed by atoms with Gasteiger partial charge in [-0.05, 0) is 12.1 Å². The summed E-state index contributed by atoms with van der Waals surface area (Å²) >= 11 is 1.14. The van der Waals surface area contributed by atoms with Crippen LogP contribution in [0.4, 0.5) is 5.00 Å². The Bertz CT molecular complexity index is 744. The number of rotatable bonds is 3. The fourth-order valence-corrected chi connectivity index (χ4v) is 2.22. The van der Waals surface area contributed by atoms with Crippen molar-refractivity contribution in [2.75, 3.05) is 5.43 Å². The van der Waals surface area contributed by atoms with Crippen LogP contribution in [-0.2, 0) is 6.54 Å². The van der Waals surface area contributed by atoms with Gasteiger partial charge in [0.05, 0.1) is 12.1 Å².